The van der Waals surface area contributed by atoms with E-state index in [4.69, 9.17) is 0 Å². The van der Waals surface area contributed by atoms with Crippen molar-refractivity contribution in [3.8, 4) is 0 Å². The SMILES string of the molecule is CCN1CCN(C(=O)CC2CCN(C(=O)C=C(C)C)CC2)CC1. The first kappa shape index (κ1) is 18.0. The van der Waals surface area contributed by atoms with Crippen LogP contribution in [0.3, 0.4) is 0 Å². The van der Waals surface area contributed by atoms with Crippen LogP contribution in [0.2, 0.25) is 0 Å². The Balaban J connectivity index is 1.73. The molecule has 23 heavy (non-hydrogen) atoms. The van der Waals surface area contributed by atoms with Gasteiger partial charge in [-0.05, 0) is 39.2 Å². The summed E-state index contributed by atoms with van der Waals surface area (Å²) in [5, 5.41) is 0. The van der Waals surface area contributed by atoms with Crippen LogP contribution in [0.5, 0.6) is 0 Å². The molecule has 2 fully saturated rings. The van der Waals surface area contributed by atoms with Gasteiger partial charge in [-0.25, -0.2) is 0 Å². The summed E-state index contributed by atoms with van der Waals surface area (Å²) in [6.45, 7) is 12.4. The molecule has 2 amide bonds. The quantitative estimate of drug-likeness (QED) is 0.741. The molecule has 0 unspecified atom stereocenters. The minimum absolute atomic E-state index is 0.116. The zero-order valence-corrected chi connectivity index (χ0v) is 14.9. The normalized spacial score (nSPS) is 20.5. The van der Waals surface area contributed by atoms with Gasteiger partial charge in [0.1, 0.15) is 0 Å². The Morgan fingerprint density at radius 1 is 0.957 bits per heavy atom. The maximum Gasteiger partial charge on any atom is 0.246 e. The molecule has 0 aromatic heterocycles. The monoisotopic (exact) mass is 321 g/mol. The predicted molar refractivity (Wildman–Crippen MR) is 92.0 cm³/mol. The van der Waals surface area contributed by atoms with Gasteiger partial charge in [0.05, 0.1) is 0 Å². The number of likely N-dealkylation sites (tertiary alicyclic amines) is 1. The Morgan fingerprint density at radius 2 is 1.57 bits per heavy atom. The van der Waals surface area contributed by atoms with E-state index < -0.39 is 0 Å². The molecule has 130 valence electrons. The number of amides is 2. The summed E-state index contributed by atoms with van der Waals surface area (Å²) in [6.07, 6.45) is 4.25. The zero-order chi connectivity index (χ0) is 16.8. The van der Waals surface area contributed by atoms with Crippen LogP contribution in [0.4, 0.5) is 0 Å². The summed E-state index contributed by atoms with van der Waals surface area (Å²) >= 11 is 0. The van der Waals surface area contributed by atoms with Crippen LogP contribution < -0.4 is 0 Å². The van der Waals surface area contributed by atoms with Crippen molar-refractivity contribution in [2.45, 2.75) is 40.0 Å². The van der Waals surface area contributed by atoms with Crippen molar-refractivity contribution in [1.29, 1.82) is 0 Å². The number of rotatable bonds is 4. The number of allylic oxidation sites excluding steroid dienone is 1. The van der Waals surface area contributed by atoms with Gasteiger partial charge >= 0.3 is 0 Å². The molecule has 2 saturated heterocycles. The average molecular weight is 321 g/mol. The fourth-order valence-corrected chi connectivity index (χ4v) is 3.39. The number of piperazine rings is 1. The molecule has 0 aromatic carbocycles. The molecule has 0 saturated carbocycles. The third-order valence-corrected chi connectivity index (χ3v) is 4.97. The molecular formula is C18H31N3O2. The lowest BCUT2D eigenvalue weighted by atomic mass is 9.92. The Labute approximate surface area is 140 Å². The van der Waals surface area contributed by atoms with Crippen molar-refractivity contribution in [3.05, 3.63) is 11.6 Å². The largest absolute Gasteiger partial charge is 0.340 e. The number of nitrogens with zero attached hydrogens (tertiary/aromatic N) is 3. The Morgan fingerprint density at radius 3 is 2.09 bits per heavy atom. The molecule has 2 aliphatic rings. The molecular weight excluding hydrogens is 290 g/mol. The van der Waals surface area contributed by atoms with E-state index in [0.717, 1.165) is 64.2 Å². The molecule has 0 bridgehead atoms. The smallest absolute Gasteiger partial charge is 0.246 e. The van der Waals surface area contributed by atoms with Gasteiger partial charge in [0.15, 0.2) is 0 Å². The lowest BCUT2D eigenvalue weighted by Crippen LogP contribution is -2.49. The minimum atomic E-state index is 0.116. The Hall–Kier alpha value is -1.36. The summed E-state index contributed by atoms with van der Waals surface area (Å²) in [7, 11) is 0. The summed E-state index contributed by atoms with van der Waals surface area (Å²) in [4.78, 5) is 30.8. The van der Waals surface area contributed by atoms with Crippen molar-refractivity contribution in [1.82, 2.24) is 14.7 Å². The molecule has 5 heteroatoms. The molecule has 0 atom stereocenters. The number of carbonyl (C=O) groups is 2. The molecule has 2 rings (SSSR count). The van der Waals surface area contributed by atoms with Crippen molar-refractivity contribution >= 4 is 11.8 Å². The first-order valence-corrected chi connectivity index (χ1v) is 8.93. The minimum Gasteiger partial charge on any atom is -0.340 e. The first-order chi connectivity index (χ1) is 11.0. The Bertz CT molecular complexity index is 441. The third kappa shape index (κ3) is 5.34. The van der Waals surface area contributed by atoms with Crippen molar-refractivity contribution in [2.75, 3.05) is 45.8 Å². The number of hydrogen-bond donors (Lipinski definition) is 0. The van der Waals surface area contributed by atoms with E-state index in [-0.39, 0.29) is 5.91 Å². The van der Waals surface area contributed by atoms with Crippen LogP contribution in [-0.4, -0.2) is 72.3 Å². The van der Waals surface area contributed by atoms with Crippen LogP contribution in [0.15, 0.2) is 11.6 Å². The second-order valence-corrected chi connectivity index (χ2v) is 7.01. The summed E-state index contributed by atoms with van der Waals surface area (Å²) < 4.78 is 0. The van der Waals surface area contributed by atoms with Gasteiger partial charge in [-0.2, -0.15) is 0 Å². The standard InChI is InChI=1S/C18H31N3O2/c1-4-19-9-11-21(12-10-19)18(23)14-16-5-7-20(8-6-16)17(22)13-15(2)3/h13,16H,4-12,14H2,1-3H3. The zero-order valence-electron chi connectivity index (χ0n) is 14.9. The van der Waals surface area contributed by atoms with Crippen molar-refractivity contribution < 1.29 is 9.59 Å². The van der Waals surface area contributed by atoms with Crippen LogP contribution in [0.25, 0.3) is 0 Å². The van der Waals surface area contributed by atoms with Crippen LogP contribution >= 0.6 is 0 Å². The number of piperidine rings is 1. The van der Waals surface area contributed by atoms with E-state index in [1.165, 1.54) is 0 Å². The van der Waals surface area contributed by atoms with E-state index in [1.54, 1.807) is 6.08 Å². The lowest BCUT2D eigenvalue weighted by Gasteiger charge is -2.36. The number of likely N-dealkylation sites (N-methyl/N-ethyl adjacent to an activating group) is 1. The highest BCUT2D eigenvalue weighted by molar-refractivity contribution is 5.88. The molecule has 2 aliphatic heterocycles. The van der Waals surface area contributed by atoms with Gasteiger partial charge in [0.2, 0.25) is 11.8 Å². The fraction of sp³-hybridized carbons (Fsp3) is 0.778. The lowest BCUT2D eigenvalue weighted by molar-refractivity contribution is -0.134. The third-order valence-electron chi connectivity index (χ3n) is 4.97. The predicted octanol–water partition coefficient (Wildman–Crippen LogP) is 1.75. The maximum absolute atomic E-state index is 12.4. The summed E-state index contributed by atoms with van der Waals surface area (Å²) in [5.74, 6) is 0.850. The van der Waals surface area contributed by atoms with E-state index in [2.05, 4.69) is 11.8 Å². The topological polar surface area (TPSA) is 43.9 Å². The summed E-state index contributed by atoms with van der Waals surface area (Å²) in [5.41, 5.74) is 1.04. The highest BCUT2D eigenvalue weighted by atomic mass is 16.2. The molecule has 0 spiro atoms. The fourth-order valence-electron chi connectivity index (χ4n) is 3.39. The number of carbonyl (C=O) groups excluding carboxylic acids is 2. The van der Waals surface area contributed by atoms with E-state index in [1.807, 2.05) is 23.6 Å². The van der Waals surface area contributed by atoms with Crippen LogP contribution in [-0.2, 0) is 9.59 Å². The highest BCUT2D eigenvalue weighted by Crippen LogP contribution is 2.22. The van der Waals surface area contributed by atoms with Gasteiger partial charge in [0.25, 0.3) is 0 Å². The molecule has 0 aromatic rings. The van der Waals surface area contributed by atoms with Gasteiger partial charge in [0, 0.05) is 51.8 Å². The summed E-state index contributed by atoms with van der Waals surface area (Å²) in [6, 6.07) is 0. The van der Waals surface area contributed by atoms with Crippen LogP contribution in [0.1, 0.15) is 40.0 Å². The van der Waals surface area contributed by atoms with Crippen LogP contribution in [0, 0.1) is 5.92 Å². The van der Waals surface area contributed by atoms with E-state index in [0.29, 0.717) is 18.2 Å². The number of hydrogen-bond acceptors (Lipinski definition) is 3. The second-order valence-electron chi connectivity index (χ2n) is 7.01. The molecule has 0 aliphatic carbocycles. The molecule has 0 radical (unpaired) electrons. The molecule has 0 N–H and O–H groups in total. The van der Waals surface area contributed by atoms with Gasteiger partial charge in [-0.3, -0.25) is 9.59 Å². The van der Waals surface area contributed by atoms with Gasteiger partial charge < -0.3 is 14.7 Å². The Kier molecular flexibility index (Phi) is 6.63. The van der Waals surface area contributed by atoms with Crippen molar-refractivity contribution in [2.24, 2.45) is 5.92 Å². The maximum atomic E-state index is 12.4. The highest BCUT2D eigenvalue weighted by Gasteiger charge is 2.26. The van der Waals surface area contributed by atoms with E-state index in [9.17, 15) is 9.59 Å². The second kappa shape index (κ2) is 8.48. The molecule has 5 nitrogen and oxygen atoms in total. The average Bonchev–Trinajstić information content (AvgIpc) is 2.55. The molecule has 2 heterocycles. The van der Waals surface area contributed by atoms with E-state index >= 15 is 0 Å². The van der Waals surface area contributed by atoms with Gasteiger partial charge in [-0.15, -0.1) is 0 Å². The van der Waals surface area contributed by atoms with Crippen molar-refractivity contribution in [3.63, 3.8) is 0 Å². The van der Waals surface area contributed by atoms with Gasteiger partial charge in [-0.1, -0.05) is 12.5 Å². The first-order valence-electron chi connectivity index (χ1n) is 8.93.